The Bertz CT molecular complexity index is 614. The molecule has 1 aromatic heterocycles. The third kappa shape index (κ3) is 2.33. The molecule has 0 saturated heterocycles. The van der Waals surface area contributed by atoms with Crippen LogP contribution in [0.3, 0.4) is 0 Å². The second kappa shape index (κ2) is 4.79. The predicted octanol–water partition coefficient (Wildman–Crippen LogP) is 1.97. The van der Waals surface area contributed by atoms with Crippen molar-refractivity contribution in [2.24, 2.45) is 5.10 Å². The minimum Gasteiger partial charge on any atom is -0.242 e. The highest BCUT2D eigenvalue weighted by molar-refractivity contribution is 6.03. The highest BCUT2D eigenvalue weighted by atomic mass is 15.5. The van der Waals surface area contributed by atoms with Gasteiger partial charge in [-0.25, -0.2) is 5.43 Å². The van der Waals surface area contributed by atoms with E-state index in [1.54, 1.807) is 0 Å². The Morgan fingerprint density at radius 2 is 2.05 bits per heavy atom. The summed E-state index contributed by atoms with van der Waals surface area (Å²) in [5, 5.41) is 17.9. The fourth-order valence-electron chi connectivity index (χ4n) is 2.38. The lowest BCUT2D eigenvalue weighted by Gasteiger charge is -2.19. The summed E-state index contributed by atoms with van der Waals surface area (Å²) in [7, 11) is 0. The average Bonchev–Trinajstić information content (AvgIpc) is 2.91. The molecule has 0 aliphatic heterocycles. The topological polar surface area (TPSA) is 78.9 Å². The van der Waals surface area contributed by atoms with Crippen molar-refractivity contribution in [3.63, 3.8) is 0 Å². The number of aromatic amines is 1. The lowest BCUT2D eigenvalue weighted by molar-refractivity contribution is 0.834. The maximum atomic E-state index is 4.42. The third-order valence-electron chi connectivity index (χ3n) is 3.53. The predicted molar refractivity (Wildman–Crippen MR) is 73.2 cm³/mol. The number of fused-ring (bicyclic) bond motifs is 1. The summed E-state index contributed by atoms with van der Waals surface area (Å²) in [6, 6.07) is 4.49. The molecule has 0 bridgehead atoms. The molecule has 0 fully saturated rings. The first-order valence-electron chi connectivity index (χ1n) is 6.40. The third-order valence-corrected chi connectivity index (χ3v) is 3.53. The van der Waals surface area contributed by atoms with Gasteiger partial charge in [-0.05, 0) is 61.1 Å². The van der Waals surface area contributed by atoms with Crippen molar-refractivity contribution >= 4 is 11.7 Å². The van der Waals surface area contributed by atoms with Gasteiger partial charge in [-0.1, -0.05) is 11.2 Å². The quantitative estimate of drug-likeness (QED) is 0.805. The van der Waals surface area contributed by atoms with Crippen LogP contribution in [0.1, 0.15) is 35.1 Å². The lowest BCUT2D eigenvalue weighted by Crippen LogP contribution is -2.14. The highest BCUT2D eigenvalue weighted by Gasteiger charge is 2.16. The standard InChI is InChI=1S/C13H16N6/c1-8-6-10-4-3-5-12(11(10)7-9(8)2)14-15-13-16-18-19-17-13/h6-7H,3-5H2,1-2H3,(H2,15,16,17,18,19)/b14-12+. The molecular weight excluding hydrogens is 240 g/mol. The van der Waals surface area contributed by atoms with Crippen molar-refractivity contribution in [2.75, 3.05) is 5.43 Å². The molecule has 0 atom stereocenters. The molecule has 0 amide bonds. The zero-order valence-corrected chi connectivity index (χ0v) is 11.1. The van der Waals surface area contributed by atoms with Crippen molar-refractivity contribution in [1.29, 1.82) is 0 Å². The van der Waals surface area contributed by atoms with Crippen LogP contribution in [0.15, 0.2) is 17.2 Å². The molecule has 0 unspecified atom stereocenters. The van der Waals surface area contributed by atoms with Crippen LogP contribution in [0.2, 0.25) is 0 Å². The van der Waals surface area contributed by atoms with E-state index in [0.717, 1.165) is 25.0 Å². The summed E-state index contributed by atoms with van der Waals surface area (Å²) in [4.78, 5) is 0. The molecule has 3 rings (SSSR count). The van der Waals surface area contributed by atoms with Crippen LogP contribution >= 0.6 is 0 Å². The van der Waals surface area contributed by atoms with E-state index in [2.05, 4.69) is 57.1 Å². The Kier molecular flexibility index (Phi) is 2.98. The first kappa shape index (κ1) is 11.8. The van der Waals surface area contributed by atoms with E-state index in [9.17, 15) is 0 Å². The van der Waals surface area contributed by atoms with Gasteiger partial charge in [0.1, 0.15) is 0 Å². The molecule has 98 valence electrons. The smallest absolute Gasteiger partial charge is 0.242 e. The van der Waals surface area contributed by atoms with Crippen LogP contribution in [0, 0.1) is 13.8 Å². The van der Waals surface area contributed by atoms with Crippen molar-refractivity contribution in [2.45, 2.75) is 33.1 Å². The van der Waals surface area contributed by atoms with Crippen LogP contribution in [0.25, 0.3) is 0 Å². The molecular formula is C13H16N6. The van der Waals surface area contributed by atoms with Gasteiger partial charge < -0.3 is 0 Å². The van der Waals surface area contributed by atoms with Gasteiger partial charge in [0.2, 0.25) is 0 Å². The zero-order valence-electron chi connectivity index (χ0n) is 11.1. The van der Waals surface area contributed by atoms with E-state index < -0.39 is 0 Å². The van der Waals surface area contributed by atoms with E-state index >= 15 is 0 Å². The number of tetrazole rings is 1. The molecule has 2 N–H and O–H groups in total. The summed E-state index contributed by atoms with van der Waals surface area (Å²) < 4.78 is 0. The lowest BCUT2D eigenvalue weighted by atomic mass is 9.87. The van der Waals surface area contributed by atoms with E-state index in [0.29, 0.717) is 5.95 Å². The SMILES string of the molecule is Cc1cc2c(cc1C)/C(=N/Nc1nn[nH]n1)CCC2. The van der Waals surface area contributed by atoms with E-state index in [-0.39, 0.29) is 0 Å². The van der Waals surface area contributed by atoms with Crippen LogP contribution in [0.5, 0.6) is 0 Å². The minimum absolute atomic E-state index is 0.392. The largest absolute Gasteiger partial charge is 0.283 e. The number of aromatic nitrogens is 4. The first-order chi connectivity index (χ1) is 9.24. The fraction of sp³-hybridized carbons (Fsp3) is 0.385. The summed E-state index contributed by atoms with van der Waals surface area (Å²) in [6.45, 7) is 4.28. The molecule has 19 heavy (non-hydrogen) atoms. The van der Waals surface area contributed by atoms with Gasteiger partial charge in [0.05, 0.1) is 5.71 Å². The number of hydrogen-bond acceptors (Lipinski definition) is 5. The maximum absolute atomic E-state index is 4.42. The van der Waals surface area contributed by atoms with Crippen molar-refractivity contribution in [3.05, 3.63) is 34.4 Å². The van der Waals surface area contributed by atoms with Crippen molar-refractivity contribution in [3.8, 4) is 0 Å². The number of rotatable bonds is 2. The highest BCUT2D eigenvalue weighted by Crippen LogP contribution is 2.25. The molecule has 0 radical (unpaired) electrons. The molecule has 6 heteroatoms. The Balaban J connectivity index is 1.93. The number of H-pyrrole nitrogens is 1. The zero-order chi connectivity index (χ0) is 13.2. The van der Waals surface area contributed by atoms with Crippen LogP contribution in [-0.2, 0) is 6.42 Å². The molecule has 0 spiro atoms. The number of hydrogen-bond donors (Lipinski definition) is 2. The molecule has 1 aliphatic rings. The van der Waals surface area contributed by atoms with Crippen LogP contribution in [0.4, 0.5) is 5.95 Å². The minimum atomic E-state index is 0.392. The summed E-state index contributed by atoms with van der Waals surface area (Å²) in [5.41, 5.74) is 9.16. The molecule has 1 aliphatic carbocycles. The Hall–Kier alpha value is -2.24. The number of benzene rings is 1. The number of aryl methyl sites for hydroxylation is 3. The van der Waals surface area contributed by atoms with E-state index in [4.69, 9.17) is 0 Å². The fourth-order valence-corrected chi connectivity index (χ4v) is 2.38. The van der Waals surface area contributed by atoms with Crippen molar-refractivity contribution < 1.29 is 0 Å². The van der Waals surface area contributed by atoms with Gasteiger partial charge in [0, 0.05) is 5.56 Å². The number of anilines is 1. The molecule has 0 saturated carbocycles. The summed E-state index contributed by atoms with van der Waals surface area (Å²) in [6.07, 6.45) is 3.22. The van der Waals surface area contributed by atoms with E-state index in [1.165, 1.54) is 22.3 Å². The average molecular weight is 256 g/mol. The van der Waals surface area contributed by atoms with Gasteiger partial charge >= 0.3 is 0 Å². The monoisotopic (exact) mass is 256 g/mol. The molecule has 1 heterocycles. The molecule has 6 nitrogen and oxygen atoms in total. The van der Waals surface area contributed by atoms with Gasteiger partial charge in [-0.3, -0.25) is 0 Å². The molecule has 1 aromatic carbocycles. The normalized spacial score (nSPS) is 16.4. The Labute approximate surface area is 111 Å². The Morgan fingerprint density at radius 1 is 1.21 bits per heavy atom. The Morgan fingerprint density at radius 3 is 2.84 bits per heavy atom. The number of nitrogens with zero attached hydrogens (tertiary/aromatic N) is 4. The van der Waals surface area contributed by atoms with Gasteiger partial charge in [0.15, 0.2) is 0 Å². The summed E-state index contributed by atoms with van der Waals surface area (Å²) >= 11 is 0. The van der Waals surface area contributed by atoms with Gasteiger partial charge in [-0.2, -0.15) is 10.3 Å². The van der Waals surface area contributed by atoms with Crippen LogP contribution in [-0.4, -0.2) is 26.3 Å². The van der Waals surface area contributed by atoms with Crippen LogP contribution < -0.4 is 5.43 Å². The van der Waals surface area contributed by atoms with Gasteiger partial charge in [-0.15, -0.1) is 5.10 Å². The second-order valence-corrected chi connectivity index (χ2v) is 4.85. The van der Waals surface area contributed by atoms with Gasteiger partial charge in [0.25, 0.3) is 5.95 Å². The molecule has 2 aromatic rings. The number of nitrogens with one attached hydrogen (secondary N) is 2. The second-order valence-electron chi connectivity index (χ2n) is 4.85. The number of hydrazone groups is 1. The van der Waals surface area contributed by atoms with E-state index in [1.807, 2.05) is 0 Å². The summed E-state index contributed by atoms with van der Waals surface area (Å²) in [5.74, 6) is 0.392. The maximum Gasteiger partial charge on any atom is 0.283 e. The first-order valence-corrected chi connectivity index (χ1v) is 6.40. The van der Waals surface area contributed by atoms with Crippen molar-refractivity contribution in [1.82, 2.24) is 20.6 Å².